The molecule has 0 radical (unpaired) electrons. The number of unbranched alkanes of at least 4 members (excludes halogenated alkanes) is 4. The molecule has 2 unspecified atom stereocenters. The van der Waals surface area contributed by atoms with Gasteiger partial charge in [0.05, 0.1) is 0 Å². The van der Waals surface area contributed by atoms with Crippen LogP contribution in [0.15, 0.2) is 30.3 Å². The maximum Gasteiger partial charge on any atom is 0.272 e. The summed E-state index contributed by atoms with van der Waals surface area (Å²) in [6.45, 7) is 4.18. The smallest absolute Gasteiger partial charge is 0.272 e. The van der Waals surface area contributed by atoms with Gasteiger partial charge in [-0.1, -0.05) is 82.7 Å². The third kappa shape index (κ3) is 6.18. The zero-order valence-corrected chi connectivity index (χ0v) is 14.0. The van der Waals surface area contributed by atoms with E-state index in [1.807, 2.05) is 25.1 Å². The second-order valence-corrected chi connectivity index (χ2v) is 7.26. The summed E-state index contributed by atoms with van der Waals surface area (Å²) < 4.78 is 33.3. The van der Waals surface area contributed by atoms with Crippen LogP contribution in [0.25, 0.3) is 0 Å². The van der Waals surface area contributed by atoms with E-state index in [0.29, 0.717) is 5.56 Å². The topological polar surface area (TPSA) is 54.4 Å². The Kier molecular flexibility index (Phi) is 7.97. The summed E-state index contributed by atoms with van der Waals surface area (Å²) in [6.07, 6.45) is 7.41. The van der Waals surface area contributed by atoms with Crippen molar-refractivity contribution in [2.75, 3.05) is 0 Å². The van der Waals surface area contributed by atoms with Crippen molar-refractivity contribution in [2.24, 2.45) is 5.92 Å². The Labute approximate surface area is 129 Å². The molecule has 1 aromatic rings. The van der Waals surface area contributed by atoms with E-state index in [0.717, 1.165) is 25.7 Å². The second-order valence-electron chi connectivity index (χ2n) is 5.72. The average Bonchev–Trinajstić information content (AvgIpc) is 2.45. The van der Waals surface area contributed by atoms with Crippen molar-refractivity contribution in [1.29, 1.82) is 0 Å². The molecule has 0 aliphatic carbocycles. The zero-order chi connectivity index (χ0) is 15.7. The van der Waals surface area contributed by atoms with E-state index >= 15 is 0 Å². The van der Waals surface area contributed by atoms with E-state index in [2.05, 4.69) is 6.92 Å². The quantitative estimate of drug-likeness (QED) is 0.488. The molecule has 0 amide bonds. The van der Waals surface area contributed by atoms with Gasteiger partial charge in [0.15, 0.2) is 0 Å². The molecule has 2 atom stereocenters. The van der Waals surface area contributed by atoms with Gasteiger partial charge < -0.3 is 0 Å². The molecular weight excluding hydrogens is 284 g/mol. The maximum absolute atomic E-state index is 11.8. The first-order valence-electron chi connectivity index (χ1n) is 8.02. The molecule has 1 N–H and O–H groups in total. The number of hydrogen-bond donors (Lipinski definition) is 1. The standard InChI is InChI=1S/C17H28O3S/c1-3-5-6-7-9-12-15(4-2)17(21(18,19)20)16-13-10-8-11-14-16/h8,10-11,13-15,17H,3-7,9,12H2,1-2H3,(H,18,19,20). The van der Waals surface area contributed by atoms with Crippen LogP contribution >= 0.6 is 0 Å². The first-order valence-corrected chi connectivity index (χ1v) is 9.52. The van der Waals surface area contributed by atoms with Gasteiger partial charge in [0.1, 0.15) is 5.25 Å². The highest BCUT2D eigenvalue weighted by atomic mass is 32.2. The lowest BCUT2D eigenvalue weighted by Gasteiger charge is -2.24. The zero-order valence-electron chi connectivity index (χ0n) is 13.2. The van der Waals surface area contributed by atoms with Crippen molar-refractivity contribution < 1.29 is 13.0 Å². The van der Waals surface area contributed by atoms with Crippen LogP contribution in [-0.2, 0) is 10.1 Å². The van der Waals surface area contributed by atoms with E-state index < -0.39 is 15.4 Å². The summed E-state index contributed by atoms with van der Waals surface area (Å²) in [5, 5.41) is -0.796. The van der Waals surface area contributed by atoms with Crippen molar-refractivity contribution in [1.82, 2.24) is 0 Å². The number of hydrogen-bond acceptors (Lipinski definition) is 2. The van der Waals surface area contributed by atoms with Gasteiger partial charge in [-0.25, -0.2) is 0 Å². The van der Waals surface area contributed by atoms with Crippen LogP contribution in [0.2, 0.25) is 0 Å². The Hall–Kier alpha value is -0.870. The molecule has 0 saturated heterocycles. The minimum absolute atomic E-state index is 0.0240. The van der Waals surface area contributed by atoms with E-state index in [1.54, 1.807) is 12.1 Å². The molecule has 21 heavy (non-hydrogen) atoms. The molecule has 0 bridgehead atoms. The maximum atomic E-state index is 11.8. The van der Waals surface area contributed by atoms with E-state index in [1.165, 1.54) is 19.3 Å². The summed E-state index contributed by atoms with van der Waals surface area (Å²) in [7, 11) is -4.08. The molecule has 0 aliphatic rings. The van der Waals surface area contributed by atoms with Crippen LogP contribution in [0.1, 0.15) is 69.6 Å². The molecule has 3 nitrogen and oxygen atoms in total. The monoisotopic (exact) mass is 312 g/mol. The Morgan fingerprint density at radius 2 is 1.62 bits per heavy atom. The number of rotatable bonds is 10. The van der Waals surface area contributed by atoms with Crippen LogP contribution in [0.4, 0.5) is 0 Å². The third-order valence-corrected chi connectivity index (χ3v) is 5.38. The molecule has 4 heteroatoms. The largest absolute Gasteiger partial charge is 0.285 e. The van der Waals surface area contributed by atoms with Crippen LogP contribution in [0.5, 0.6) is 0 Å². The van der Waals surface area contributed by atoms with Gasteiger partial charge >= 0.3 is 0 Å². The Balaban J connectivity index is 2.76. The first-order chi connectivity index (χ1) is 10.0. The molecule has 0 saturated carbocycles. The van der Waals surface area contributed by atoms with Crippen LogP contribution in [0, 0.1) is 5.92 Å². The van der Waals surface area contributed by atoms with Gasteiger partial charge in [-0.15, -0.1) is 0 Å². The van der Waals surface area contributed by atoms with Gasteiger partial charge in [0.2, 0.25) is 0 Å². The van der Waals surface area contributed by atoms with Crippen molar-refractivity contribution in [3.8, 4) is 0 Å². The summed E-state index contributed by atoms with van der Waals surface area (Å²) in [5.74, 6) is -0.0240. The van der Waals surface area contributed by atoms with Crippen LogP contribution < -0.4 is 0 Å². The van der Waals surface area contributed by atoms with E-state index in [-0.39, 0.29) is 5.92 Å². The fourth-order valence-corrected chi connectivity index (χ4v) is 4.23. The van der Waals surface area contributed by atoms with Crippen molar-refractivity contribution in [2.45, 2.75) is 64.0 Å². The van der Waals surface area contributed by atoms with Gasteiger partial charge in [-0.3, -0.25) is 4.55 Å². The average molecular weight is 312 g/mol. The highest BCUT2D eigenvalue weighted by molar-refractivity contribution is 7.86. The lowest BCUT2D eigenvalue weighted by Crippen LogP contribution is -2.21. The predicted octanol–water partition coefficient (Wildman–Crippen LogP) is 5.00. The highest BCUT2D eigenvalue weighted by Crippen LogP contribution is 2.35. The van der Waals surface area contributed by atoms with Crippen LogP contribution in [0.3, 0.4) is 0 Å². The number of benzene rings is 1. The molecule has 0 spiro atoms. The molecule has 1 rings (SSSR count). The predicted molar refractivity (Wildman–Crippen MR) is 87.9 cm³/mol. The van der Waals surface area contributed by atoms with E-state index in [4.69, 9.17) is 0 Å². The summed E-state index contributed by atoms with van der Waals surface area (Å²) in [6, 6.07) is 9.08. The highest BCUT2D eigenvalue weighted by Gasteiger charge is 2.32. The molecule has 0 heterocycles. The van der Waals surface area contributed by atoms with Gasteiger partial charge in [-0.2, -0.15) is 8.42 Å². The molecule has 120 valence electrons. The molecule has 0 aromatic heterocycles. The van der Waals surface area contributed by atoms with Crippen molar-refractivity contribution in [3.63, 3.8) is 0 Å². The molecule has 1 aromatic carbocycles. The Bertz CT molecular complexity index is 482. The summed E-state index contributed by atoms with van der Waals surface area (Å²) in [4.78, 5) is 0. The van der Waals surface area contributed by atoms with Crippen LogP contribution in [-0.4, -0.2) is 13.0 Å². The minimum atomic E-state index is -4.08. The second kappa shape index (κ2) is 9.21. The lowest BCUT2D eigenvalue weighted by atomic mass is 9.91. The molecule has 0 aliphatic heterocycles. The van der Waals surface area contributed by atoms with Gasteiger partial charge in [0.25, 0.3) is 10.1 Å². The lowest BCUT2D eigenvalue weighted by molar-refractivity contribution is 0.385. The minimum Gasteiger partial charge on any atom is -0.285 e. The van der Waals surface area contributed by atoms with Crippen molar-refractivity contribution in [3.05, 3.63) is 35.9 Å². The summed E-state index contributed by atoms with van der Waals surface area (Å²) in [5.41, 5.74) is 0.695. The molecular formula is C17H28O3S. The van der Waals surface area contributed by atoms with Gasteiger partial charge in [-0.05, 0) is 17.9 Å². The fourth-order valence-electron chi connectivity index (χ4n) is 2.91. The van der Waals surface area contributed by atoms with Crippen molar-refractivity contribution >= 4 is 10.1 Å². The van der Waals surface area contributed by atoms with E-state index in [9.17, 15) is 13.0 Å². The third-order valence-electron chi connectivity index (χ3n) is 4.08. The van der Waals surface area contributed by atoms with Gasteiger partial charge in [0, 0.05) is 0 Å². The Morgan fingerprint density at radius 1 is 1.00 bits per heavy atom. The Morgan fingerprint density at radius 3 is 2.14 bits per heavy atom. The first kappa shape index (κ1) is 18.2. The summed E-state index contributed by atoms with van der Waals surface area (Å²) >= 11 is 0. The SMILES string of the molecule is CCCCCCCC(CC)C(c1ccccc1)S(=O)(=O)O. The fraction of sp³-hybridized carbons (Fsp3) is 0.647. The molecule has 0 fully saturated rings. The normalized spacial score (nSPS) is 14.8.